The van der Waals surface area contributed by atoms with Gasteiger partial charge in [-0.2, -0.15) is 5.10 Å². The molecule has 1 unspecified atom stereocenters. The predicted octanol–water partition coefficient (Wildman–Crippen LogP) is 3.14. The third-order valence-corrected chi connectivity index (χ3v) is 4.22. The summed E-state index contributed by atoms with van der Waals surface area (Å²) in [5, 5.41) is 9.35. The van der Waals surface area contributed by atoms with Crippen LogP contribution in [0, 0.1) is 6.92 Å². The lowest BCUT2D eigenvalue weighted by Crippen LogP contribution is -2.26. The van der Waals surface area contributed by atoms with Crippen molar-refractivity contribution in [3.63, 3.8) is 0 Å². The first-order chi connectivity index (χ1) is 10.2. The molecule has 1 aromatic heterocycles. The van der Waals surface area contributed by atoms with E-state index < -0.39 is 0 Å². The number of fused-ring (bicyclic) bond motifs is 3. The minimum absolute atomic E-state index is 0.449. The van der Waals surface area contributed by atoms with Crippen molar-refractivity contribution in [1.29, 1.82) is 0 Å². The molecule has 3 aromatic rings. The zero-order valence-corrected chi connectivity index (χ0v) is 12.0. The molecular formula is C17H18N4. The standard InChI is InChI=1S/C17H18N4/c1-11-2-4-12(5-3-11)13-9-19-17-15-7-6-14(18)8-16(15)20-21(17)10-13/h2-8,13,19H,9-10,18H2,1H3. The second-order valence-corrected chi connectivity index (χ2v) is 5.80. The Morgan fingerprint density at radius 2 is 2.00 bits per heavy atom. The van der Waals surface area contributed by atoms with Gasteiger partial charge in [-0.25, -0.2) is 4.68 Å². The molecule has 0 aliphatic carbocycles. The average molecular weight is 278 g/mol. The van der Waals surface area contributed by atoms with Crippen LogP contribution >= 0.6 is 0 Å². The van der Waals surface area contributed by atoms with Gasteiger partial charge in [-0.15, -0.1) is 0 Å². The number of hydrogen-bond donors (Lipinski definition) is 2. The lowest BCUT2D eigenvalue weighted by Gasteiger charge is -2.25. The number of hydrogen-bond acceptors (Lipinski definition) is 3. The monoisotopic (exact) mass is 278 g/mol. The van der Waals surface area contributed by atoms with E-state index in [0.29, 0.717) is 5.92 Å². The summed E-state index contributed by atoms with van der Waals surface area (Å²) in [6.07, 6.45) is 0. The summed E-state index contributed by atoms with van der Waals surface area (Å²) in [6, 6.07) is 14.7. The maximum absolute atomic E-state index is 5.84. The first-order valence-electron chi connectivity index (χ1n) is 7.27. The van der Waals surface area contributed by atoms with Crippen molar-refractivity contribution in [3.8, 4) is 0 Å². The summed E-state index contributed by atoms with van der Waals surface area (Å²) in [4.78, 5) is 0. The minimum Gasteiger partial charge on any atom is -0.399 e. The van der Waals surface area contributed by atoms with Gasteiger partial charge in [0.05, 0.1) is 12.1 Å². The highest BCUT2D eigenvalue weighted by Crippen LogP contribution is 2.31. The van der Waals surface area contributed by atoms with E-state index in [-0.39, 0.29) is 0 Å². The van der Waals surface area contributed by atoms with E-state index in [1.165, 1.54) is 11.1 Å². The van der Waals surface area contributed by atoms with Crippen molar-refractivity contribution >= 4 is 22.4 Å². The van der Waals surface area contributed by atoms with E-state index in [4.69, 9.17) is 5.73 Å². The Morgan fingerprint density at radius 1 is 1.19 bits per heavy atom. The molecule has 1 aliphatic rings. The van der Waals surface area contributed by atoms with Crippen LogP contribution in [0.25, 0.3) is 10.9 Å². The Hall–Kier alpha value is -2.49. The van der Waals surface area contributed by atoms with Crippen LogP contribution in [0.1, 0.15) is 17.0 Å². The third-order valence-electron chi connectivity index (χ3n) is 4.22. The van der Waals surface area contributed by atoms with E-state index in [1.807, 2.05) is 18.2 Å². The van der Waals surface area contributed by atoms with Crippen molar-refractivity contribution in [2.45, 2.75) is 19.4 Å². The number of aryl methyl sites for hydroxylation is 1. The van der Waals surface area contributed by atoms with E-state index >= 15 is 0 Å². The summed E-state index contributed by atoms with van der Waals surface area (Å²) in [5.74, 6) is 1.55. The van der Waals surface area contributed by atoms with Gasteiger partial charge in [0.2, 0.25) is 0 Å². The lowest BCUT2D eigenvalue weighted by molar-refractivity contribution is 0.509. The first-order valence-corrected chi connectivity index (χ1v) is 7.27. The number of aromatic nitrogens is 2. The predicted molar refractivity (Wildman–Crippen MR) is 86.6 cm³/mol. The number of anilines is 2. The van der Waals surface area contributed by atoms with Gasteiger partial charge in [-0.05, 0) is 30.7 Å². The zero-order valence-electron chi connectivity index (χ0n) is 12.0. The van der Waals surface area contributed by atoms with Crippen LogP contribution < -0.4 is 11.1 Å². The highest BCUT2D eigenvalue weighted by Gasteiger charge is 2.22. The van der Waals surface area contributed by atoms with Crippen LogP contribution in [-0.2, 0) is 6.54 Å². The molecule has 106 valence electrons. The number of nitrogens with one attached hydrogen (secondary N) is 1. The van der Waals surface area contributed by atoms with Crippen molar-refractivity contribution in [3.05, 3.63) is 53.6 Å². The molecule has 0 fully saturated rings. The van der Waals surface area contributed by atoms with Crippen LogP contribution in [0.4, 0.5) is 11.5 Å². The Kier molecular flexibility index (Phi) is 2.64. The second kappa shape index (κ2) is 4.52. The molecule has 0 saturated heterocycles. The SMILES string of the molecule is Cc1ccc(C2CNc3c4ccc(N)cc4nn3C2)cc1. The smallest absolute Gasteiger partial charge is 0.132 e. The molecule has 4 heteroatoms. The van der Waals surface area contributed by atoms with Gasteiger partial charge in [-0.3, -0.25) is 0 Å². The van der Waals surface area contributed by atoms with Gasteiger partial charge < -0.3 is 11.1 Å². The molecule has 2 aromatic carbocycles. The summed E-state index contributed by atoms with van der Waals surface area (Å²) < 4.78 is 2.07. The van der Waals surface area contributed by atoms with Crippen molar-refractivity contribution < 1.29 is 0 Å². The van der Waals surface area contributed by atoms with Crippen molar-refractivity contribution in [2.75, 3.05) is 17.6 Å². The van der Waals surface area contributed by atoms with Gasteiger partial charge in [0.25, 0.3) is 0 Å². The van der Waals surface area contributed by atoms with Crippen LogP contribution in [0.3, 0.4) is 0 Å². The molecule has 3 N–H and O–H groups in total. The highest BCUT2D eigenvalue weighted by atomic mass is 15.3. The highest BCUT2D eigenvalue weighted by molar-refractivity contribution is 5.92. The molecule has 21 heavy (non-hydrogen) atoms. The molecule has 2 heterocycles. The fourth-order valence-corrected chi connectivity index (χ4v) is 3.02. The Bertz CT molecular complexity index is 802. The molecule has 1 atom stereocenters. The summed E-state index contributed by atoms with van der Waals surface area (Å²) in [5.41, 5.74) is 10.2. The molecule has 4 rings (SSSR count). The maximum atomic E-state index is 5.84. The molecule has 0 saturated carbocycles. The van der Waals surface area contributed by atoms with E-state index in [2.05, 4.69) is 46.3 Å². The van der Waals surface area contributed by atoms with Gasteiger partial charge in [0.1, 0.15) is 5.82 Å². The summed E-state index contributed by atoms with van der Waals surface area (Å²) in [6.45, 7) is 3.96. The topological polar surface area (TPSA) is 55.9 Å². The lowest BCUT2D eigenvalue weighted by atomic mass is 9.97. The molecule has 0 spiro atoms. The van der Waals surface area contributed by atoms with Gasteiger partial charge in [0, 0.05) is 23.5 Å². The molecular weight excluding hydrogens is 260 g/mol. The quantitative estimate of drug-likeness (QED) is 0.672. The maximum Gasteiger partial charge on any atom is 0.132 e. The van der Waals surface area contributed by atoms with Crippen LogP contribution in [0.2, 0.25) is 0 Å². The largest absolute Gasteiger partial charge is 0.399 e. The van der Waals surface area contributed by atoms with Gasteiger partial charge in [0.15, 0.2) is 0 Å². The zero-order chi connectivity index (χ0) is 14.4. The van der Waals surface area contributed by atoms with Crippen molar-refractivity contribution in [1.82, 2.24) is 9.78 Å². The van der Waals surface area contributed by atoms with Gasteiger partial charge in [-0.1, -0.05) is 29.8 Å². The Morgan fingerprint density at radius 3 is 2.81 bits per heavy atom. The van der Waals surface area contributed by atoms with Crippen molar-refractivity contribution in [2.24, 2.45) is 0 Å². The van der Waals surface area contributed by atoms with Gasteiger partial charge >= 0.3 is 0 Å². The molecule has 0 radical (unpaired) electrons. The second-order valence-electron chi connectivity index (χ2n) is 5.80. The van der Waals surface area contributed by atoms with Crippen LogP contribution in [0.15, 0.2) is 42.5 Å². The van der Waals surface area contributed by atoms with E-state index in [9.17, 15) is 0 Å². The summed E-state index contributed by atoms with van der Waals surface area (Å²) >= 11 is 0. The molecule has 0 bridgehead atoms. The normalized spacial score (nSPS) is 17.5. The molecule has 4 nitrogen and oxygen atoms in total. The molecule has 0 amide bonds. The number of rotatable bonds is 1. The number of nitrogens with two attached hydrogens (primary N) is 1. The Labute approximate surface area is 123 Å². The van der Waals surface area contributed by atoms with E-state index in [1.54, 1.807) is 0 Å². The number of nitrogen functional groups attached to an aromatic ring is 1. The summed E-state index contributed by atoms with van der Waals surface area (Å²) in [7, 11) is 0. The van der Waals surface area contributed by atoms with Crippen LogP contribution in [0.5, 0.6) is 0 Å². The first kappa shape index (κ1) is 12.3. The fourth-order valence-electron chi connectivity index (χ4n) is 3.02. The molecule has 1 aliphatic heterocycles. The number of nitrogens with zero attached hydrogens (tertiary/aromatic N) is 2. The fraction of sp³-hybridized carbons (Fsp3) is 0.235. The van der Waals surface area contributed by atoms with Crippen LogP contribution in [-0.4, -0.2) is 16.3 Å². The number of benzene rings is 2. The third kappa shape index (κ3) is 2.03. The van der Waals surface area contributed by atoms with E-state index in [0.717, 1.165) is 35.5 Å². The average Bonchev–Trinajstić information content (AvgIpc) is 2.84. The Balaban J connectivity index is 1.71. The minimum atomic E-state index is 0.449.